The van der Waals surface area contributed by atoms with Gasteiger partial charge in [0.25, 0.3) is 0 Å². The Labute approximate surface area is 135 Å². The monoisotopic (exact) mass is 378 g/mol. The van der Waals surface area contributed by atoms with Gasteiger partial charge in [-0.1, -0.05) is 45.2 Å². The van der Waals surface area contributed by atoms with E-state index in [1.54, 1.807) is 25.3 Å². The minimum Gasteiger partial charge on any atom is -0.496 e. The zero-order valence-corrected chi connectivity index (χ0v) is 13.8. The smallest absolute Gasteiger partial charge is 0.123 e. The molecule has 19 heavy (non-hydrogen) atoms. The van der Waals surface area contributed by atoms with Crippen molar-refractivity contribution in [2.45, 2.75) is 5.38 Å². The quantitative estimate of drug-likeness (QED) is 0.585. The second kappa shape index (κ2) is 6.36. The average molecular weight is 380 g/mol. The summed E-state index contributed by atoms with van der Waals surface area (Å²) in [5.41, 5.74) is 1.60. The summed E-state index contributed by atoms with van der Waals surface area (Å²) < 4.78 is 6.22. The third-order valence-corrected chi connectivity index (χ3v) is 4.23. The van der Waals surface area contributed by atoms with Crippen LogP contribution in [0.2, 0.25) is 10.0 Å². The van der Waals surface area contributed by atoms with Gasteiger partial charge >= 0.3 is 0 Å². The lowest BCUT2D eigenvalue weighted by molar-refractivity contribution is 0.410. The Morgan fingerprint density at radius 3 is 2.42 bits per heavy atom. The van der Waals surface area contributed by atoms with Crippen molar-refractivity contribution in [1.29, 1.82) is 0 Å². The summed E-state index contributed by atoms with van der Waals surface area (Å²) in [6, 6.07) is 10.9. The van der Waals surface area contributed by atoms with E-state index in [-0.39, 0.29) is 0 Å². The Bertz CT molecular complexity index is 601. The second-order valence-electron chi connectivity index (χ2n) is 3.91. The van der Waals surface area contributed by atoms with Crippen molar-refractivity contribution >= 4 is 50.7 Å². The molecule has 1 nitrogen and oxygen atoms in total. The van der Waals surface area contributed by atoms with Crippen molar-refractivity contribution in [3.05, 3.63) is 62.0 Å². The SMILES string of the molecule is COc1ccc(Cl)cc1C(Cl)c1ccc(Br)cc1Cl. The number of ether oxygens (including phenoxy) is 1. The molecule has 0 fully saturated rings. The number of alkyl halides is 1. The molecule has 5 heteroatoms. The number of halogens is 4. The second-order valence-corrected chi connectivity index (χ2v) is 6.11. The summed E-state index contributed by atoms with van der Waals surface area (Å²) in [4.78, 5) is 0. The van der Waals surface area contributed by atoms with Crippen molar-refractivity contribution in [2.75, 3.05) is 7.11 Å². The molecule has 0 saturated heterocycles. The molecule has 0 amide bonds. The van der Waals surface area contributed by atoms with Crippen LogP contribution in [0.5, 0.6) is 5.75 Å². The zero-order valence-electron chi connectivity index (χ0n) is 9.96. The predicted octanol–water partition coefficient (Wildman–Crippen LogP) is 6.09. The molecular weight excluding hydrogens is 370 g/mol. The minimum atomic E-state index is -0.422. The van der Waals surface area contributed by atoms with Gasteiger partial charge in [0.05, 0.1) is 12.5 Å². The average Bonchev–Trinajstić information content (AvgIpc) is 2.38. The van der Waals surface area contributed by atoms with E-state index >= 15 is 0 Å². The van der Waals surface area contributed by atoms with Crippen LogP contribution in [0.1, 0.15) is 16.5 Å². The molecule has 2 aromatic carbocycles. The van der Waals surface area contributed by atoms with Crippen molar-refractivity contribution < 1.29 is 4.74 Å². The van der Waals surface area contributed by atoms with Crippen molar-refractivity contribution in [1.82, 2.24) is 0 Å². The molecule has 0 aromatic heterocycles. The molecule has 0 N–H and O–H groups in total. The molecule has 0 heterocycles. The number of benzene rings is 2. The molecule has 0 aliphatic carbocycles. The fraction of sp³-hybridized carbons (Fsp3) is 0.143. The molecule has 2 rings (SSSR count). The highest BCUT2D eigenvalue weighted by molar-refractivity contribution is 9.10. The van der Waals surface area contributed by atoms with Crippen LogP contribution in [-0.4, -0.2) is 7.11 Å². The van der Waals surface area contributed by atoms with E-state index in [1.165, 1.54) is 0 Å². The van der Waals surface area contributed by atoms with Crippen LogP contribution in [-0.2, 0) is 0 Å². The van der Waals surface area contributed by atoms with Gasteiger partial charge in [-0.2, -0.15) is 0 Å². The number of hydrogen-bond acceptors (Lipinski definition) is 1. The third kappa shape index (κ3) is 3.38. The minimum absolute atomic E-state index is 0.422. The summed E-state index contributed by atoms with van der Waals surface area (Å²) in [5.74, 6) is 0.684. The van der Waals surface area contributed by atoms with Gasteiger partial charge in [-0.05, 0) is 35.9 Å². The molecule has 0 aliphatic rings. The van der Waals surface area contributed by atoms with E-state index in [2.05, 4.69) is 15.9 Å². The molecule has 100 valence electrons. The van der Waals surface area contributed by atoms with Crippen LogP contribution in [0.4, 0.5) is 0 Å². The summed E-state index contributed by atoms with van der Waals surface area (Å²) in [7, 11) is 1.60. The lowest BCUT2D eigenvalue weighted by Gasteiger charge is -2.16. The first-order valence-electron chi connectivity index (χ1n) is 5.45. The first kappa shape index (κ1) is 15.0. The van der Waals surface area contributed by atoms with Gasteiger partial charge in [-0.15, -0.1) is 11.6 Å². The van der Waals surface area contributed by atoms with Crippen LogP contribution in [0.3, 0.4) is 0 Å². The Morgan fingerprint density at radius 1 is 1.05 bits per heavy atom. The maximum absolute atomic E-state index is 6.51. The highest BCUT2D eigenvalue weighted by Gasteiger charge is 2.18. The van der Waals surface area contributed by atoms with E-state index in [1.807, 2.05) is 18.2 Å². The van der Waals surface area contributed by atoms with Gasteiger partial charge < -0.3 is 4.74 Å². The maximum Gasteiger partial charge on any atom is 0.123 e. The van der Waals surface area contributed by atoms with Gasteiger partial charge in [0.2, 0.25) is 0 Å². The lowest BCUT2D eigenvalue weighted by Crippen LogP contribution is -1.98. The van der Waals surface area contributed by atoms with E-state index in [4.69, 9.17) is 39.5 Å². The van der Waals surface area contributed by atoms with Crippen LogP contribution in [0.25, 0.3) is 0 Å². The maximum atomic E-state index is 6.51. The van der Waals surface area contributed by atoms with Crippen LogP contribution in [0.15, 0.2) is 40.9 Å². The zero-order chi connectivity index (χ0) is 14.0. The molecule has 0 aliphatic heterocycles. The van der Waals surface area contributed by atoms with Gasteiger partial charge in [0, 0.05) is 20.1 Å². The fourth-order valence-corrected chi connectivity index (χ4v) is 3.16. The Kier molecular flexibility index (Phi) is 5.02. The Morgan fingerprint density at radius 2 is 1.79 bits per heavy atom. The molecular formula is C14H10BrCl3O. The van der Waals surface area contributed by atoms with Crippen molar-refractivity contribution in [2.24, 2.45) is 0 Å². The predicted molar refractivity (Wildman–Crippen MR) is 84.9 cm³/mol. The molecule has 0 saturated carbocycles. The highest BCUT2D eigenvalue weighted by Crippen LogP contribution is 2.39. The van der Waals surface area contributed by atoms with E-state index in [9.17, 15) is 0 Å². The summed E-state index contributed by atoms with van der Waals surface area (Å²) in [5, 5.41) is 0.778. The van der Waals surface area contributed by atoms with Crippen LogP contribution in [0, 0.1) is 0 Å². The highest BCUT2D eigenvalue weighted by atomic mass is 79.9. The van der Waals surface area contributed by atoms with E-state index in [0.29, 0.717) is 15.8 Å². The van der Waals surface area contributed by atoms with Crippen LogP contribution < -0.4 is 4.74 Å². The molecule has 0 bridgehead atoms. The molecule has 0 spiro atoms. The van der Waals surface area contributed by atoms with Gasteiger partial charge in [0.15, 0.2) is 0 Å². The Balaban J connectivity index is 2.49. The molecule has 2 aromatic rings. The van der Waals surface area contributed by atoms with Gasteiger partial charge in [-0.25, -0.2) is 0 Å². The Hall–Kier alpha value is -0.410. The van der Waals surface area contributed by atoms with Crippen LogP contribution >= 0.6 is 50.7 Å². The van der Waals surface area contributed by atoms with Crippen molar-refractivity contribution in [3.8, 4) is 5.75 Å². The molecule has 0 radical (unpaired) electrons. The fourth-order valence-electron chi connectivity index (χ4n) is 1.78. The molecule has 1 unspecified atom stereocenters. The van der Waals surface area contributed by atoms with E-state index in [0.717, 1.165) is 15.6 Å². The first-order valence-corrected chi connectivity index (χ1v) is 7.44. The largest absolute Gasteiger partial charge is 0.496 e. The normalized spacial score (nSPS) is 12.3. The number of methoxy groups -OCH3 is 1. The lowest BCUT2D eigenvalue weighted by atomic mass is 10.0. The summed E-state index contributed by atoms with van der Waals surface area (Å²) >= 11 is 22.1. The number of hydrogen-bond donors (Lipinski definition) is 0. The molecule has 1 atom stereocenters. The van der Waals surface area contributed by atoms with Gasteiger partial charge in [-0.3, -0.25) is 0 Å². The summed E-state index contributed by atoms with van der Waals surface area (Å²) in [6.45, 7) is 0. The topological polar surface area (TPSA) is 9.23 Å². The van der Waals surface area contributed by atoms with Gasteiger partial charge in [0.1, 0.15) is 5.75 Å². The third-order valence-electron chi connectivity index (χ3n) is 2.70. The first-order chi connectivity index (χ1) is 9.02. The summed E-state index contributed by atoms with van der Waals surface area (Å²) in [6.07, 6.45) is 0. The van der Waals surface area contributed by atoms with Crippen molar-refractivity contribution in [3.63, 3.8) is 0 Å². The standard InChI is InChI=1S/C14H10BrCl3O/c1-19-13-5-3-9(16)7-11(13)14(18)10-4-2-8(15)6-12(10)17/h2-7,14H,1H3. The van der Waals surface area contributed by atoms with E-state index < -0.39 is 5.38 Å². The number of rotatable bonds is 3.